The van der Waals surface area contributed by atoms with Crippen molar-refractivity contribution in [3.8, 4) is 0 Å². The van der Waals surface area contributed by atoms with Crippen LogP contribution >= 0.6 is 11.6 Å². The highest BCUT2D eigenvalue weighted by atomic mass is 35.5. The Morgan fingerprint density at radius 3 is 2.41 bits per heavy atom. The van der Waals surface area contributed by atoms with Crippen molar-refractivity contribution < 1.29 is 0 Å². The maximum Gasteiger partial charge on any atom is 0.331 e. The lowest BCUT2D eigenvalue weighted by Crippen LogP contribution is -2.47. The molecule has 150 valence electrons. The molecule has 4 rings (SSSR count). The predicted molar refractivity (Wildman–Crippen MR) is 115 cm³/mol. The van der Waals surface area contributed by atoms with Crippen molar-refractivity contribution in [2.24, 2.45) is 0 Å². The minimum absolute atomic E-state index is 0.188. The van der Waals surface area contributed by atoms with Gasteiger partial charge in [-0.25, -0.2) is 4.79 Å². The van der Waals surface area contributed by atoms with Gasteiger partial charge in [-0.2, -0.15) is 0 Å². The SMILES string of the molecule is CCn1c2c(c(=O)n(Cc3cccc(Cl)c3)c1=O)CN(Cc1ccccc1)CC2. The van der Waals surface area contributed by atoms with Crippen molar-refractivity contribution in [3.05, 3.63) is 103 Å². The first-order chi connectivity index (χ1) is 14.1. The molecule has 3 aromatic rings. The molecule has 0 saturated carbocycles. The number of fused-ring (bicyclic) bond motifs is 1. The van der Waals surface area contributed by atoms with Gasteiger partial charge in [0, 0.05) is 43.3 Å². The fourth-order valence-corrected chi connectivity index (χ4v) is 4.28. The number of nitrogens with zero attached hydrogens (tertiary/aromatic N) is 3. The summed E-state index contributed by atoms with van der Waals surface area (Å²) in [6.07, 6.45) is 0.707. The Morgan fingerprint density at radius 2 is 1.69 bits per heavy atom. The highest BCUT2D eigenvalue weighted by Gasteiger charge is 2.25. The predicted octanol–water partition coefficient (Wildman–Crippen LogP) is 3.29. The van der Waals surface area contributed by atoms with Crippen LogP contribution in [0.4, 0.5) is 0 Å². The van der Waals surface area contributed by atoms with E-state index in [0.717, 1.165) is 29.9 Å². The maximum absolute atomic E-state index is 13.3. The van der Waals surface area contributed by atoms with Crippen LogP contribution in [0.2, 0.25) is 5.02 Å². The van der Waals surface area contributed by atoms with Gasteiger partial charge in [0.05, 0.1) is 12.1 Å². The summed E-state index contributed by atoms with van der Waals surface area (Å²) in [6.45, 7) is 4.91. The quantitative estimate of drug-likeness (QED) is 0.649. The molecular formula is C23H24ClN3O2. The number of rotatable bonds is 5. The zero-order chi connectivity index (χ0) is 20.4. The van der Waals surface area contributed by atoms with Crippen molar-refractivity contribution in [2.75, 3.05) is 6.54 Å². The average Bonchev–Trinajstić information content (AvgIpc) is 2.73. The van der Waals surface area contributed by atoms with Crippen molar-refractivity contribution >= 4 is 11.6 Å². The molecule has 6 heteroatoms. The van der Waals surface area contributed by atoms with E-state index in [9.17, 15) is 9.59 Å². The summed E-state index contributed by atoms with van der Waals surface area (Å²) in [5.41, 5.74) is 3.25. The molecule has 5 nitrogen and oxygen atoms in total. The molecule has 0 N–H and O–H groups in total. The molecule has 1 aliphatic rings. The third-order valence-corrected chi connectivity index (χ3v) is 5.72. The Kier molecular flexibility index (Phi) is 5.69. The highest BCUT2D eigenvalue weighted by Crippen LogP contribution is 2.18. The van der Waals surface area contributed by atoms with Crippen LogP contribution in [0.15, 0.2) is 64.2 Å². The van der Waals surface area contributed by atoms with E-state index in [1.54, 1.807) is 16.7 Å². The van der Waals surface area contributed by atoms with Crippen molar-refractivity contribution in [3.63, 3.8) is 0 Å². The molecule has 0 saturated heterocycles. The second kappa shape index (κ2) is 8.39. The number of benzene rings is 2. The van der Waals surface area contributed by atoms with E-state index in [0.29, 0.717) is 24.5 Å². The molecule has 2 heterocycles. The Morgan fingerprint density at radius 1 is 0.931 bits per heavy atom. The normalized spacial score (nSPS) is 14.0. The van der Waals surface area contributed by atoms with Crippen LogP contribution < -0.4 is 11.2 Å². The summed E-state index contributed by atoms with van der Waals surface area (Å²) in [4.78, 5) is 28.6. The minimum Gasteiger partial charge on any atom is -0.297 e. The molecule has 0 spiro atoms. The first kappa shape index (κ1) is 19.7. The van der Waals surface area contributed by atoms with E-state index in [2.05, 4.69) is 17.0 Å². The van der Waals surface area contributed by atoms with Gasteiger partial charge in [-0.15, -0.1) is 0 Å². The van der Waals surface area contributed by atoms with E-state index in [4.69, 9.17) is 11.6 Å². The van der Waals surface area contributed by atoms with Crippen LogP contribution in [0.5, 0.6) is 0 Å². The standard InChI is InChI=1S/C23H24ClN3O2/c1-2-26-21-11-12-25(14-17-7-4-3-5-8-17)16-20(21)22(28)27(23(26)29)15-18-9-6-10-19(24)13-18/h3-10,13H,2,11-12,14-16H2,1H3. The summed E-state index contributed by atoms with van der Waals surface area (Å²) in [6, 6.07) is 17.6. The molecule has 0 unspecified atom stereocenters. The van der Waals surface area contributed by atoms with E-state index >= 15 is 0 Å². The third-order valence-electron chi connectivity index (χ3n) is 5.48. The second-order valence-electron chi connectivity index (χ2n) is 7.42. The minimum atomic E-state index is -0.243. The number of hydrogen-bond donors (Lipinski definition) is 0. The second-order valence-corrected chi connectivity index (χ2v) is 7.86. The van der Waals surface area contributed by atoms with Crippen molar-refractivity contribution in [1.82, 2.24) is 14.0 Å². The van der Waals surface area contributed by atoms with Gasteiger partial charge in [0.2, 0.25) is 0 Å². The van der Waals surface area contributed by atoms with Crippen LogP contribution in [-0.2, 0) is 32.6 Å². The topological polar surface area (TPSA) is 47.2 Å². The van der Waals surface area contributed by atoms with Gasteiger partial charge in [-0.05, 0) is 30.2 Å². The summed E-state index contributed by atoms with van der Waals surface area (Å²) >= 11 is 6.08. The van der Waals surface area contributed by atoms with Crippen LogP contribution in [0, 0.1) is 0 Å². The maximum atomic E-state index is 13.3. The van der Waals surface area contributed by atoms with E-state index in [1.165, 1.54) is 10.1 Å². The van der Waals surface area contributed by atoms with Gasteiger partial charge in [0.1, 0.15) is 0 Å². The lowest BCUT2D eigenvalue weighted by atomic mass is 10.0. The molecule has 1 aromatic heterocycles. The zero-order valence-corrected chi connectivity index (χ0v) is 17.2. The van der Waals surface area contributed by atoms with E-state index < -0.39 is 0 Å². The molecule has 0 bridgehead atoms. The monoisotopic (exact) mass is 409 g/mol. The number of halogens is 1. The molecule has 1 aliphatic heterocycles. The lowest BCUT2D eigenvalue weighted by Gasteiger charge is -2.30. The highest BCUT2D eigenvalue weighted by molar-refractivity contribution is 6.30. The first-order valence-corrected chi connectivity index (χ1v) is 10.3. The number of hydrogen-bond acceptors (Lipinski definition) is 3. The summed E-state index contributed by atoms with van der Waals surface area (Å²) in [5.74, 6) is 0. The van der Waals surface area contributed by atoms with Crippen molar-refractivity contribution in [2.45, 2.75) is 39.5 Å². The van der Waals surface area contributed by atoms with Gasteiger partial charge < -0.3 is 0 Å². The molecule has 0 radical (unpaired) electrons. The summed E-state index contributed by atoms with van der Waals surface area (Å²) in [7, 11) is 0. The molecule has 0 fully saturated rings. The third kappa shape index (κ3) is 4.07. The largest absolute Gasteiger partial charge is 0.331 e. The first-order valence-electron chi connectivity index (χ1n) is 9.93. The molecule has 0 aliphatic carbocycles. The Labute approximate surface area is 174 Å². The van der Waals surface area contributed by atoms with Crippen molar-refractivity contribution in [1.29, 1.82) is 0 Å². The van der Waals surface area contributed by atoms with Crippen LogP contribution in [0.3, 0.4) is 0 Å². The van der Waals surface area contributed by atoms with Crippen LogP contribution in [0.1, 0.15) is 29.3 Å². The molecule has 0 atom stereocenters. The molecule has 0 amide bonds. The van der Waals surface area contributed by atoms with E-state index in [-0.39, 0.29) is 17.8 Å². The van der Waals surface area contributed by atoms with Gasteiger partial charge in [0.25, 0.3) is 5.56 Å². The number of aromatic nitrogens is 2. The molecule has 29 heavy (non-hydrogen) atoms. The fraction of sp³-hybridized carbons (Fsp3) is 0.304. The lowest BCUT2D eigenvalue weighted by molar-refractivity contribution is 0.236. The van der Waals surface area contributed by atoms with E-state index in [1.807, 2.05) is 37.3 Å². The fourth-order valence-electron chi connectivity index (χ4n) is 4.07. The Bertz CT molecular complexity index is 1140. The van der Waals surface area contributed by atoms with Crippen LogP contribution in [0.25, 0.3) is 0 Å². The average molecular weight is 410 g/mol. The van der Waals surface area contributed by atoms with Gasteiger partial charge in [0.15, 0.2) is 0 Å². The molecule has 2 aromatic carbocycles. The van der Waals surface area contributed by atoms with Crippen LogP contribution in [-0.4, -0.2) is 20.6 Å². The Balaban J connectivity index is 1.71. The van der Waals surface area contributed by atoms with Gasteiger partial charge in [-0.1, -0.05) is 54.1 Å². The smallest absolute Gasteiger partial charge is 0.297 e. The summed E-state index contributed by atoms with van der Waals surface area (Å²) < 4.78 is 3.10. The zero-order valence-electron chi connectivity index (χ0n) is 16.5. The Hall–Kier alpha value is -2.63. The van der Waals surface area contributed by atoms with Gasteiger partial charge >= 0.3 is 5.69 Å². The molecular weight excluding hydrogens is 386 g/mol. The summed E-state index contributed by atoms with van der Waals surface area (Å²) in [5, 5.41) is 0.596. The van der Waals surface area contributed by atoms with Gasteiger partial charge in [-0.3, -0.25) is 18.8 Å².